The number of carbonyl (C=O) groups is 1. The molecule has 0 aliphatic heterocycles. The molecule has 2 rings (SSSR count). The summed E-state index contributed by atoms with van der Waals surface area (Å²) in [7, 11) is 1.79. The van der Waals surface area contributed by atoms with Crippen LogP contribution in [0.1, 0.15) is 32.6 Å². The van der Waals surface area contributed by atoms with Gasteiger partial charge in [-0.25, -0.2) is 0 Å². The van der Waals surface area contributed by atoms with Crippen molar-refractivity contribution < 1.29 is 4.79 Å². The molecule has 2 bridgehead atoms. The molecule has 0 saturated heterocycles. The largest absolute Gasteiger partial charge is 0.342 e. The van der Waals surface area contributed by atoms with E-state index in [-0.39, 0.29) is 23.9 Å². The standard InChI is InChI=1S/C13H21N3O/c1-8(5-6-14)16(2)13(17)11-9-3-4-10(7-9)12(11)15/h8-12H,3-5,7,15H2,1-2H3. The van der Waals surface area contributed by atoms with Gasteiger partial charge >= 0.3 is 0 Å². The molecule has 0 spiro atoms. The summed E-state index contributed by atoms with van der Waals surface area (Å²) in [4.78, 5) is 14.1. The van der Waals surface area contributed by atoms with Crippen LogP contribution in [-0.2, 0) is 4.79 Å². The van der Waals surface area contributed by atoms with Crippen LogP contribution in [0.15, 0.2) is 0 Å². The van der Waals surface area contributed by atoms with Gasteiger partial charge in [0.15, 0.2) is 0 Å². The molecule has 2 fully saturated rings. The van der Waals surface area contributed by atoms with Crippen molar-refractivity contribution in [1.82, 2.24) is 4.90 Å². The van der Waals surface area contributed by atoms with Gasteiger partial charge in [-0.3, -0.25) is 4.79 Å². The normalized spacial score (nSPS) is 36.6. The van der Waals surface area contributed by atoms with Crippen LogP contribution in [0.5, 0.6) is 0 Å². The maximum Gasteiger partial charge on any atom is 0.227 e. The number of amides is 1. The Labute approximate surface area is 103 Å². The highest BCUT2D eigenvalue weighted by Gasteiger charge is 2.50. The van der Waals surface area contributed by atoms with Crippen molar-refractivity contribution in [2.24, 2.45) is 23.5 Å². The molecule has 2 N–H and O–H groups in total. The van der Waals surface area contributed by atoms with Crippen molar-refractivity contribution in [1.29, 1.82) is 5.26 Å². The minimum Gasteiger partial charge on any atom is -0.342 e. The number of hydrogen-bond acceptors (Lipinski definition) is 3. The van der Waals surface area contributed by atoms with Crippen LogP contribution in [0.4, 0.5) is 0 Å². The van der Waals surface area contributed by atoms with Crippen molar-refractivity contribution in [3.63, 3.8) is 0 Å². The van der Waals surface area contributed by atoms with Crippen LogP contribution >= 0.6 is 0 Å². The molecule has 4 heteroatoms. The quantitative estimate of drug-likeness (QED) is 0.797. The molecule has 5 unspecified atom stereocenters. The molecule has 5 atom stereocenters. The van der Waals surface area contributed by atoms with Crippen molar-refractivity contribution in [3.05, 3.63) is 0 Å². The van der Waals surface area contributed by atoms with Crippen LogP contribution in [0.2, 0.25) is 0 Å². The minimum absolute atomic E-state index is 0.0000992. The highest BCUT2D eigenvalue weighted by Crippen LogP contribution is 2.48. The summed E-state index contributed by atoms with van der Waals surface area (Å²) in [5, 5.41) is 8.68. The summed E-state index contributed by atoms with van der Waals surface area (Å²) in [6, 6.07) is 2.14. The SMILES string of the molecule is CC(CC#N)N(C)C(=O)C1C2CCC(C2)C1N. The van der Waals surface area contributed by atoms with E-state index in [1.54, 1.807) is 11.9 Å². The Morgan fingerprint density at radius 3 is 2.71 bits per heavy atom. The van der Waals surface area contributed by atoms with E-state index < -0.39 is 0 Å². The molecule has 4 nitrogen and oxygen atoms in total. The molecule has 0 aromatic carbocycles. The van der Waals surface area contributed by atoms with Crippen LogP contribution in [-0.4, -0.2) is 29.9 Å². The monoisotopic (exact) mass is 235 g/mol. The summed E-state index contributed by atoms with van der Waals surface area (Å²) in [5.74, 6) is 1.18. The van der Waals surface area contributed by atoms with Crippen LogP contribution in [0.3, 0.4) is 0 Å². The van der Waals surface area contributed by atoms with Gasteiger partial charge in [-0.2, -0.15) is 5.26 Å². The lowest BCUT2D eigenvalue weighted by Gasteiger charge is -2.33. The molecule has 94 valence electrons. The third-order valence-electron chi connectivity index (χ3n) is 4.66. The number of rotatable bonds is 3. The molecule has 2 saturated carbocycles. The predicted molar refractivity (Wildman–Crippen MR) is 64.8 cm³/mol. The number of fused-ring (bicyclic) bond motifs is 2. The average molecular weight is 235 g/mol. The first-order valence-electron chi connectivity index (χ1n) is 6.45. The van der Waals surface area contributed by atoms with Gasteiger partial charge in [0.05, 0.1) is 18.4 Å². The highest BCUT2D eigenvalue weighted by atomic mass is 16.2. The van der Waals surface area contributed by atoms with E-state index in [9.17, 15) is 4.79 Å². The third-order valence-corrected chi connectivity index (χ3v) is 4.66. The molecule has 0 aromatic rings. The molecule has 0 aromatic heterocycles. The van der Waals surface area contributed by atoms with Crippen molar-refractivity contribution >= 4 is 5.91 Å². The topological polar surface area (TPSA) is 70.1 Å². The van der Waals surface area contributed by atoms with Crippen molar-refractivity contribution in [3.8, 4) is 6.07 Å². The second-order valence-corrected chi connectivity index (χ2v) is 5.60. The second-order valence-electron chi connectivity index (χ2n) is 5.60. The van der Waals surface area contributed by atoms with Gasteiger partial charge in [-0.05, 0) is 38.0 Å². The van der Waals surface area contributed by atoms with Gasteiger partial charge < -0.3 is 10.6 Å². The Hall–Kier alpha value is -1.08. The van der Waals surface area contributed by atoms with E-state index in [0.29, 0.717) is 18.3 Å². The molecular weight excluding hydrogens is 214 g/mol. The Balaban J connectivity index is 2.03. The lowest BCUT2D eigenvalue weighted by Crippen LogP contribution is -2.48. The van der Waals surface area contributed by atoms with Crippen LogP contribution in [0.25, 0.3) is 0 Å². The lowest BCUT2D eigenvalue weighted by atomic mass is 9.84. The zero-order chi connectivity index (χ0) is 12.6. The lowest BCUT2D eigenvalue weighted by molar-refractivity contribution is -0.138. The molecule has 17 heavy (non-hydrogen) atoms. The molecule has 2 aliphatic carbocycles. The first-order chi connectivity index (χ1) is 8.06. The minimum atomic E-state index is -0.0150. The van der Waals surface area contributed by atoms with Gasteiger partial charge in [0.1, 0.15) is 0 Å². The fourth-order valence-electron chi connectivity index (χ4n) is 3.42. The summed E-state index contributed by atoms with van der Waals surface area (Å²) in [6.07, 6.45) is 3.85. The van der Waals surface area contributed by atoms with Gasteiger partial charge in [-0.15, -0.1) is 0 Å². The van der Waals surface area contributed by atoms with E-state index in [2.05, 4.69) is 6.07 Å². The Kier molecular flexibility index (Phi) is 3.39. The number of nitriles is 1. The maximum atomic E-state index is 12.4. The smallest absolute Gasteiger partial charge is 0.227 e. The molecular formula is C13H21N3O. The zero-order valence-electron chi connectivity index (χ0n) is 10.6. The van der Waals surface area contributed by atoms with Gasteiger partial charge in [0.2, 0.25) is 5.91 Å². The average Bonchev–Trinajstić information content (AvgIpc) is 2.88. The van der Waals surface area contributed by atoms with Gasteiger partial charge in [0.25, 0.3) is 0 Å². The van der Waals surface area contributed by atoms with E-state index in [1.807, 2.05) is 6.92 Å². The van der Waals surface area contributed by atoms with E-state index in [4.69, 9.17) is 11.0 Å². The predicted octanol–water partition coefficient (Wildman–Crippen LogP) is 1.12. The maximum absolute atomic E-state index is 12.4. The van der Waals surface area contributed by atoms with E-state index in [0.717, 1.165) is 12.8 Å². The van der Waals surface area contributed by atoms with Crippen molar-refractivity contribution in [2.75, 3.05) is 7.05 Å². The Morgan fingerprint density at radius 1 is 1.53 bits per heavy atom. The summed E-state index contributed by atoms with van der Waals surface area (Å²) in [5.41, 5.74) is 6.16. The third kappa shape index (κ3) is 2.04. The zero-order valence-corrected chi connectivity index (χ0v) is 10.6. The van der Waals surface area contributed by atoms with Crippen molar-refractivity contribution in [2.45, 2.75) is 44.7 Å². The molecule has 1 amide bonds. The molecule has 0 radical (unpaired) electrons. The summed E-state index contributed by atoms with van der Waals surface area (Å²) >= 11 is 0. The Bertz CT molecular complexity index is 347. The van der Waals surface area contributed by atoms with E-state index in [1.165, 1.54) is 6.42 Å². The van der Waals surface area contributed by atoms with Gasteiger partial charge in [-0.1, -0.05) is 0 Å². The van der Waals surface area contributed by atoms with Crippen LogP contribution in [0, 0.1) is 29.1 Å². The second kappa shape index (κ2) is 4.66. The van der Waals surface area contributed by atoms with E-state index >= 15 is 0 Å². The first kappa shape index (κ1) is 12.4. The summed E-state index contributed by atoms with van der Waals surface area (Å²) < 4.78 is 0. The number of nitrogens with zero attached hydrogens (tertiary/aromatic N) is 2. The summed E-state index contributed by atoms with van der Waals surface area (Å²) in [6.45, 7) is 1.92. The fraction of sp³-hybridized carbons (Fsp3) is 0.846. The highest BCUT2D eigenvalue weighted by molar-refractivity contribution is 5.80. The number of nitrogens with two attached hydrogens (primary N) is 1. The Morgan fingerprint density at radius 2 is 2.18 bits per heavy atom. The van der Waals surface area contributed by atoms with Gasteiger partial charge in [0, 0.05) is 19.1 Å². The van der Waals surface area contributed by atoms with Crippen LogP contribution < -0.4 is 5.73 Å². The molecule has 0 heterocycles. The first-order valence-corrected chi connectivity index (χ1v) is 6.45. The number of carbonyl (C=O) groups excluding carboxylic acids is 1. The fourth-order valence-corrected chi connectivity index (χ4v) is 3.42. The molecule has 2 aliphatic rings. The number of hydrogen-bond donors (Lipinski definition) is 1.